The van der Waals surface area contributed by atoms with Gasteiger partial charge in [-0.05, 0) is 86.8 Å². The van der Waals surface area contributed by atoms with Gasteiger partial charge in [-0.2, -0.15) is 0 Å². The molecule has 3 atom stereocenters. The van der Waals surface area contributed by atoms with E-state index in [0.717, 1.165) is 38.2 Å². The van der Waals surface area contributed by atoms with Crippen molar-refractivity contribution in [2.45, 2.75) is 99.0 Å². The molecule has 0 aliphatic heterocycles. The van der Waals surface area contributed by atoms with Crippen molar-refractivity contribution in [1.82, 2.24) is 10.6 Å². The lowest BCUT2D eigenvalue weighted by Gasteiger charge is -2.45. The van der Waals surface area contributed by atoms with Crippen molar-refractivity contribution in [3.05, 3.63) is 36.1 Å². The predicted octanol–water partition coefficient (Wildman–Crippen LogP) is 5.91. The van der Waals surface area contributed by atoms with E-state index in [9.17, 15) is 0 Å². The molecular weight excluding hydrogens is 404 g/mol. The lowest BCUT2D eigenvalue weighted by atomic mass is 9.63. The number of hydrogen-bond acceptors (Lipinski definition) is 4. The Kier molecular flexibility index (Phi) is 12.4. The molecule has 192 valence electrons. The fraction of sp³-hybridized carbons (Fsp3) is 0.793. The van der Waals surface area contributed by atoms with Crippen LogP contribution in [0.1, 0.15) is 92.9 Å². The number of nitrogens with one attached hydrogen (secondary N) is 2. The van der Waals surface area contributed by atoms with Gasteiger partial charge in [0.15, 0.2) is 0 Å². The lowest BCUT2D eigenvalue weighted by molar-refractivity contribution is 0.0845. The third kappa shape index (κ3) is 13.4. The first kappa shape index (κ1) is 29.9. The maximum Gasteiger partial charge on any atom is 0.0267 e. The minimum atomic E-state index is 0.391. The summed E-state index contributed by atoms with van der Waals surface area (Å²) in [5.41, 5.74) is 15.6. The van der Waals surface area contributed by atoms with Gasteiger partial charge in [-0.25, -0.2) is 0 Å². The van der Waals surface area contributed by atoms with Crippen molar-refractivity contribution < 1.29 is 0 Å². The highest BCUT2D eigenvalue weighted by Gasteiger charge is 2.39. The molecule has 33 heavy (non-hydrogen) atoms. The molecule has 0 aromatic rings. The summed E-state index contributed by atoms with van der Waals surface area (Å²) < 4.78 is 0. The van der Waals surface area contributed by atoms with Gasteiger partial charge in [0.05, 0.1) is 0 Å². The molecule has 0 amide bonds. The van der Waals surface area contributed by atoms with Crippen LogP contribution in [-0.2, 0) is 0 Å². The van der Waals surface area contributed by atoms with Crippen molar-refractivity contribution in [2.75, 3.05) is 26.7 Å². The molecule has 0 spiro atoms. The minimum absolute atomic E-state index is 0.391. The second-order valence-electron chi connectivity index (χ2n) is 12.6. The molecule has 4 nitrogen and oxygen atoms in total. The van der Waals surface area contributed by atoms with Gasteiger partial charge in [-0.3, -0.25) is 0 Å². The molecule has 2 fully saturated rings. The largest absolute Gasteiger partial charge is 0.385 e. The van der Waals surface area contributed by atoms with E-state index < -0.39 is 0 Å². The molecular formula is C29H56N4. The van der Waals surface area contributed by atoms with Crippen LogP contribution in [0, 0.1) is 22.2 Å². The van der Waals surface area contributed by atoms with Crippen LogP contribution in [0.2, 0.25) is 0 Å². The van der Waals surface area contributed by atoms with Crippen LogP contribution in [-0.4, -0.2) is 32.7 Å². The summed E-state index contributed by atoms with van der Waals surface area (Å²) in [4.78, 5) is 0. The molecule has 2 aliphatic carbocycles. The van der Waals surface area contributed by atoms with E-state index in [1.165, 1.54) is 38.5 Å². The summed E-state index contributed by atoms with van der Waals surface area (Å²) in [6.07, 6.45) is 16.0. The molecule has 6 N–H and O–H groups in total. The number of rotatable bonds is 12. The van der Waals surface area contributed by atoms with Crippen LogP contribution in [0.5, 0.6) is 0 Å². The Morgan fingerprint density at radius 1 is 1.24 bits per heavy atom. The third-order valence-electron chi connectivity index (χ3n) is 7.24. The molecule has 2 rings (SSSR count). The first-order valence-electron chi connectivity index (χ1n) is 13.2. The monoisotopic (exact) mass is 460 g/mol. The van der Waals surface area contributed by atoms with E-state index >= 15 is 0 Å². The molecule has 4 heteroatoms. The average molecular weight is 461 g/mol. The van der Waals surface area contributed by atoms with Crippen LogP contribution in [0.3, 0.4) is 0 Å². The molecule has 0 aromatic heterocycles. The highest BCUT2D eigenvalue weighted by molar-refractivity contribution is 5.26. The van der Waals surface area contributed by atoms with Crippen molar-refractivity contribution in [1.29, 1.82) is 0 Å². The van der Waals surface area contributed by atoms with Gasteiger partial charge in [0.25, 0.3) is 0 Å². The van der Waals surface area contributed by atoms with Gasteiger partial charge in [0.2, 0.25) is 0 Å². The van der Waals surface area contributed by atoms with Gasteiger partial charge < -0.3 is 22.1 Å². The van der Waals surface area contributed by atoms with Crippen molar-refractivity contribution in [2.24, 2.45) is 33.6 Å². The van der Waals surface area contributed by atoms with E-state index in [2.05, 4.69) is 77.0 Å². The smallest absolute Gasteiger partial charge is 0.0267 e. The van der Waals surface area contributed by atoms with E-state index in [1.807, 2.05) is 7.05 Å². The van der Waals surface area contributed by atoms with E-state index in [1.54, 1.807) is 5.57 Å². The molecule has 0 aromatic carbocycles. The fourth-order valence-corrected chi connectivity index (χ4v) is 5.59. The SMILES string of the molecule is C=C(/C=C\C=C1CC1)NCC(CCN)CC(C)(C)CC.CNCC1(C)CC(N)CC(C)(C)C1. The number of nitrogens with two attached hydrogens (primary N) is 2. The molecule has 0 bridgehead atoms. The third-order valence-corrected chi connectivity index (χ3v) is 7.24. The summed E-state index contributed by atoms with van der Waals surface area (Å²) in [5, 5.41) is 6.72. The van der Waals surface area contributed by atoms with E-state index in [4.69, 9.17) is 11.5 Å². The lowest BCUT2D eigenvalue weighted by Crippen LogP contribution is -2.46. The first-order valence-corrected chi connectivity index (χ1v) is 13.2. The Bertz CT molecular complexity index is 640. The summed E-state index contributed by atoms with van der Waals surface area (Å²) in [5.74, 6) is 0.627. The molecule has 0 saturated heterocycles. The van der Waals surface area contributed by atoms with Gasteiger partial charge in [-0.15, -0.1) is 0 Å². The zero-order valence-corrected chi connectivity index (χ0v) is 23.0. The molecule has 2 aliphatic rings. The van der Waals surface area contributed by atoms with Crippen LogP contribution >= 0.6 is 0 Å². The summed E-state index contributed by atoms with van der Waals surface area (Å²) in [7, 11) is 2.03. The number of hydrogen-bond donors (Lipinski definition) is 4. The Labute approximate surface area is 206 Å². The molecule has 2 saturated carbocycles. The molecule has 3 unspecified atom stereocenters. The Balaban J connectivity index is 0.000000361. The Morgan fingerprint density at radius 2 is 1.91 bits per heavy atom. The highest BCUT2D eigenvalue weighted by atomic mass is 14.9. The highest BCUT2D eigenvalue weighted by Crippen LogP contribution is 2.45. The van der Waals surface area contributed by atoms with Gasteiger partial charge in [-0.1, -0.05) is 72.3 Å². The average Bonchev–Trinajstić information content (AvgIpc) is 3.49. The Hall–Kier alpha value is -1.10. The zero-order valence-electron chi connectivity index (χ0n) is 23.0. The van der Waals surface area contributed by atoms with Gasteiger partial charge in [0.1, 0.15) is 0 Å². The topological polar surface area (TPSA) is 76.1 Å². The maximum atomic E-state index is 6.09. The second kappa shape index (κ2) is 13.7. The summed E-state index contributed by atoms with van der Waals surface area (Å²) in [6, 6.07) is 0.391. The van der Waals surface area contributed by atoms with Crippen molar-refractivity contribution >= 4 is 0 Å². The van der Waals surface area contributed by atoms with Crippen LogP contribution in [0.25, 0.3) is 0 Å². The van der Waals surface area contributed by atoms with Crippen molar-refractivity contribution in [3.63, 3.8) is 0 Å². The van der Waals surface area contributed by atoms with Gasteiger partial charge >= 0.3 is 0 Å². The minimum Gasteiger partial charge on any atom is -0.385 e. The second-order valence-corrected chi connectivity index (χ2v) is 12.6. The predicted molar refractivity (Wildman–Crippen MR) is 147 cm³/mol. The quantitative estimate of drug-likeness (QED) is 0.273. The maximum absolute atomic E-state index is 6.09. The Morgan fingerprint density at radius 3 is 2.42 bits per heavy atom. The van der Waals surface area contributed by atoms with Crippen LogP contribution in [0.15, 0.2) is 36.1 Å². The first-order chi connectivity index (χ1) is 15.3. The zero-order chi connectivity index (χ0) is 25.1. The summed E-state index contributed by atoms with van der Waals surface area (Å²) >= 11 is 0. The molecule has 0 heterocycles. The molecule has 0 radical (unpaired) electrons. The van der Waals surface area contributed by atoms with Crippen LogP contribution < -0.4 is 22.1 Å². The standard InChI is InChI=1S/C18H32N2.C11H24N2/c1-5-18(3,4)13-17(11-12-19)14-20-15(2)7-6-8-16-9-10-16;1-10(2)5-9(12)6-11(3,7-10)8-13-4/h6-8,17,20H,2,5,9-14,19H2,1,3-4H3;9,13H,5-8,12H2,1-4H3/b7-6-;. The van der Waals surface area contributed by atoms with E-state index in [-0.39, 0.29) is 0 Å². The number of allylic oxidation sites excluding steroid dienone is 4. The summed E-state index contributed by atoms with van der Waals surface area (Å²) in [6.45, 7) is 20.8. The normalized spacial score (nSPS) is 25.2. The van der Waals surface area contributed by atoms with E-state index in [0.29, 0.717) is 28.2 Å². The van der Waals surface area contributed by atoms with Gasteiger partial charge in [0, 0.05) is 24.8 Å². The van der Waals surface area contributed by atoms with Crippen LogP contribution in [0.4, 0.5) is 0 Å². The fourth-order valence-electron chi connectivity index (χ4n) is 5.59. The van der Waals surface area contributed by atoms with Crippen molar-refractivity contribution in [3.8, 4) is 0 Å².